The zero-order valence-corrected chi connectivity index (χ0v) is 10.4. The Morgan fingerprint density at radius 3 is 2.65 bits per heavy atom. The topological polar surface area (TPSA) is 82.3 Å². The summed E-state index contributed by atoms with van der Waals surface area (Å²) in [4.78, 5) is 10.9. The van der Waals surface area contributed by atoms with Crippen molar-refractivity contribution in [3.05, 3.63) is 29.3 Å². The fourth-order valence-electron chi connectivity index (χ4n) is 1.47. The quantitative estimate of drug-likeness (QED) is 0.867. The molecule has 108 valence electrons. The number of carboxylic acids is 1. The Balaban J connectivity index is 3.08. The van der Waals surface area contributed by atoms with Gasteiger partial charge in [-0.2, -0.15) is 18.4 Å². The molecule has 20 heavy (non-hydrogen) atoms. The molecule has 1 rings (SSSR count). The van der Waals surface area contributed by atoms with Gasteiger partial charge < -0.3 is 15.2 Å². The van der Waals surface area contributed by atoms with Gasteiger partial charge in [0, 0.05) is 7.11 Å². The van der Waals surface area contributed by atoms with Gasteiger partial charge in [-0.05, 0) is 18.2 Å². The molecule has 0 saturated carbocycles. The fourth-order valence-corrected chi connectivity index (χ4v) is 1.47. The van der Waals surface area contributed by atoms with E-state index in [1.54, 1.807) is 6.07 Å². The molecule has 0 aromatic heterocycles. The molecule has 1 unspecified atom stereocenters. The Hall–Kier alpha value is -2.27. The summed E-state index contributed by atoms with van der Waals surface area (Å²) in [6, 6.07) is 2.89. The first kappa shape index (κ1) is 15.8. The highest BCUT2D eigenvalue weighted by Gasteiger charge is 2.31. The Morgan fingerprint density at radius 1 is 1.55 bits per heavy atom. The monoisotopic (exact) mass is 288 g/mol. The number of aliphatic carboxylic acids is 1. The number of nitriles is 1. The first-order valence-corrected chi connectivity index (χ1v) is 5.39. The number of hydrogen-bond donors (Lipinski definition) is 2. The zero-order valence-electron chi connectivity index (χ0n) is 10.4. The second-order valence-corrected chi connectivity index (χ2v) is 3.86. The molecule has 0 aliphatic carbocycles. The van der Waals surface area contributed by atoms with Gasteiger partial charge in [0.25, 0.3) is 0 Å². The predicted molar refractivity (Wildman–Crippen MR) is 63.1 cm³/mol. The summed E-state index contributed by atoms with van der Waals surface area (Å²) in [6.45, 7) is -0.193. The second kappa shape index (κ2) is 6.25. The van der Waals surface area contributed by atoms with E-state index in [-0.39, 0.29) is 17.9 Å². The van der Waals surface area contributed by atoms with E-state index in [1.807, 2.05) is 0 Å². The van der Waals surface area contributed by atoms with E-state index >= 15 is 0 Å². The van der Waals surface area contributed by atoms with Crippen LogP contribution >= 0.6 is 0 Å². The van der Waals surface area contributed by atoms with Crippen LogP contribution in [0.5, 0.6) is 0 Å². The van der Waals surface area contributed by atoms with E-state index in [0.29, 0.717) is 6.07 Å². The smallest absolute Gasteiger partial charge is 0.416 e. The molecule has 0 fully saturated rings. The number of benzene rings is 1. The van der Waals surface area contributed by atoms with Crippen molar-refractivity contribution in [1.29, 1.82) is 5.26 Å². The van der Waals surface area contributed by atoms with Crippen LogP contribution in [-0.2, 0) is 15.7 Å². The molecule has 1 aromatic rings. The number of rotatable bonds is 5. The van der Waals surface area contributed by atoms with Crippen molar-refractivity contribution >= 4 is 11.7 Å². The Kier molecular flexibility index (Phi) is 4.94. The molecule has 0 amide bonds. The van der Waals surface area contributed by atoms with Crippen LogP contribution in [0.4, 0.5) is 18.9 Å². The lowest BCUT2D eigenvalue weighted by molar-refractivity contribution is -0.139. The minimum Gasteiger partial charge on any atom is -0.480 e. The lowest BCUT2D eigenvalue weighted by Gasteiger charge is -2.16. The van der Waals surface area contributed by atoms with Gasteiger partial charge in [0.05, 0.1) is 23.4 Å². The fraction of sp³-hybridized carbons (Fsp3) is 0.333. The molecule has 2 N–H and O–H groups in total. The minimum atomic E-state index is -4.57. The van der Waals surface area contributed by atoms with Gasteiger partial charge >= 0.3 is 12.1 Å². The highest BCUT2D eigenvalue weighted by molar-refractivity contribution is 5.78. The molecular formula is C12H11F3N2O3. The summed E-state index contributed by atoms with van der Waals surface area (Å²) in [5, 5.41) is 20.2. The van der Waals surface area contributed by atoms with Crippen molar-refractivity contribution in [3.8, 4) is 6.07 Å². The summed E-state index contributed by atoms with van der Waals surface area (Å²) < 4.78 is 42.2. The molecule has 1 atom stereocenters. The Labute approximate surface area is 112 Å². The largest absolute Gasteiger partial charge is 0.480 e. The van der Waals surface area contributed by atoms with Crippen molar-refractivity contribution in [1.82, 2.24) is 0 Å². The van der Waals surface area contributed by atoms with E-state index < -0.39 is 23.8 Å². The number of carboxylic acid groups (broad SMARTS) is 1. The number of nitrogens with zero attached hydrogens (tertiary/aromatic N) is 1. The van der Waals surface area contributed by atoms with Gasteiger partial charge in [-0.15, -0.1) is 0 Å². The van der Waals surface area contributed by atoms with Gasteiger partial charge in [-0.1, -0.05) is 0 Å². The first-order chi connectivity index (χ1) is 9.29. The van der Waals surface area contributed by atoms with Crippen LogP contribution in [0, 0.1) is 11.3 Å². The van der Waals surface area contributed by atoms with E-state index in [4.69, 9.17) is 10.4 Å². The number of methoxy groups -OCH3 is 1. The van der Waals surface area contributed by atoms with Crippen molar-refractivity contribution in [2.45, 2.75) is 12.2 Å². The van der Waals surface area contributed by atoms with Crippen LogP contribution in [-0.4, -0.2) is 30.8 Å². The lowest BCUT2D eigenvalue weighted by atomic mass is 10.1. The number of nitrogens with one attached hydrogen (secondary N) is 1. The number of carbonyl (C=O) groups is 1. The van der Waals surface area contributed by atoms with Gasteiger partial charge in [-0.25, -0.2) is 4.79 Å². The SMILES string of the molecule is COCC(Nc1ccc(C(F)(F)F)cc1C#N)C(=O)O. The van der Waals surface area contributed by atoms with Crippen molar-refractivity contribution in [3.63, 3.8) is 0 Å². The van der Waals surface area contributed by atoms with E-state index in [2.05, 4.69) is 10.1 Å². The third-order valence-corrected chi connectivity index (χ3v) is 2.43. The molecule has 0 aliphatic rings. The number of alkyl halides is 3. The van der Waals surface area contributed by atoms with Crippen molar-refractivity contribution in [2.24, 2.45) is 0 Å². The van der Waals surface area contributed by atoms with Crippen LogP contribution in [0.3, 0.4) is 0 Å². The van der Waals surface area contributed by atoms with Crippen LogP contribution in [0.15, 0.2) is 18.2 Å². The second-order valence-electron chi connectivity index (χ2n) is 3.86. The zero-order chi connectivity index (χ0) is 15.3. The highest BCUT2D eigenvalue weighted by atomic mass is 19.4. The van der Waals surface area contributed by atoms with Gasteiger partial charge in [0.15, 0.2) is 0 Å². The molecular weight excluding hydrogens is 277 g/mol. The first-order valence-electron chi connectivity index (χ1n) is 5.39. The van der Waals surface area contributed by atoms with Crippen LogP contribution in [0.1, 0.15) is 11.1 Å². The molecule has 0 heterocycles. The lowest BCUT2D eigenvalue weighted by Crippen LogP contribution is -2.33. The standard InChI is InChI=1S/C12H11F3N2O3/c1-20-6-10(11(18)19)17-9-3-2-8(12(13,14)15)4-7(9)5-16/h2-4,10,17H,6H2,1H3,(H,18,19). The number of halogens is 3. The van der Waals surface area contributed by atoms with Gasteiger partial charge in [0.1, 0.15) is 12.1 Å². The third-order valence-electron chi connectivity index (χ3n) is 2.43. The molecule has 0 bridgehead atoms. The summed E-state index contributed by atoms with van der Waals surface area (Å²) in [6.07, 6.45) is -4.57. The number of anilines is 1. The number of ether oxygens (including phenoxy) is 1. The van der Waals surface area contributed by atoms with Crippen molar-refractivity contribution < 1.29 is 27.8 Å². The summed E-state index contributed by atoms with van der Waals surface area (Å²) in [5.74, 6) is -1.24. The minimum absolute atomic E-state index is 0.00458. The van der Waals surface area contributed by atoms with E-state index in [9.17, 15) is 18.0 Å². The van der Waals surface area contributed by atoms with Gasteiger partial charge in [0.2, 0.25) is 0 Å². The molecule has 0 radical (unpaired) electrons. The molecule has 5 nitrogen and oxygen atoms in total. The summed E-state index contributed by atoms with van der Waals surface area (Å²) in [7, 11) is 1.29. The number of hydrogen-bond acceptors (Lipinski definition) is 4. The van der Waals surface area contributed by atoms with Crippen LogP contribution in [0.2, 0.25) is 0 Å². The maximum atomic E-state index is 12.5. The van der Waals surface area contributed by atoms with E-state index in [1.165, 1.54) is 7.11 Å². The molecule has 0 spiro atoms. The highest BCUT2D eigenvalue weighted by Crippen LogP contribution is 2.31. The average molecular weight is 288 g/mol. The Morgan fingerprint density at radius 2 is 2.20 bits per heavy atom. The summed E-state index contributed by atoms with van der Waals surface area (Å²) >= 11 is 0. The molecule has 0 aliphatic heterocycles. The molecule has 1 aromatic carbocycles. The van der Waals surface area contributed by atoms with Crippen LogP contribution in [0.25, 0.3) is 0 Å². The summed E-state index contributed by atoms with van der Waals surface area (Å²) in [5.41, 5.74) is -1.26. The molecule has 0 saturated heterocycles. The molecule has 8 heteroatoms. The maximum Gasteiger partial charge on any atom is 0.416 e. The van der Waals surface area contributed by atoms with Crippen LogP contribution < -0.4 is 5.32 Å². The van der Waals surface area contributed by atoms with Gasteiger partial charge in [-0.3, -0.25) is 0 Å². The normalized spacial score (nSPS) is 12.6. The third kappa shape index (κ3) is 3.86. The predicted octanol–water partition coefficient (Wildman–Crippen LogP) is 2.09. The maximum absolute atomic E-state index is 12.5. The Bertz CT molecular complexity index is 538. The average Bonchev–Trinajstić information content (AvgIpc) is 2.37. The van der Waals surface area contributed by atoms with E-state index in [0.717, 1.165) is 12.1 Å². The van der Waals surface area contributed by atoms with Crippen molar-refractivity contribution in [2.75, 3.05) is 19.0 Å².